The minimum atomic E-state index is -3.24. The van der Waals surface area contributed by atoms with E-state index in [1.165, 1.54) is 0 Å². The first-order chi connectivity index (χ1) is 7.51. The summed E-state index contributed by atoms with van der Waals surface area (Å²) in [6, 6.07) is -0.121. The molecule has 5 nitrogen and oxygen atoms in total. The van der Waals surface area contributed by atoms with Crippen molar-refractivity contribution in [2.24, 2.45) is 5.73 Å². The lowest BCUT2D eigenvalue weighted by Crippen LogP contribution is -2.48. The number of nitrogens with two attached hydrogens (primary N) is 1. The summed E-state index contributed by atoms with van der Waals surface area (Å²) in [7, 11) is -3.24. The lowest BCUT2D eigenvalue weighted by Gasteiger charge is -2.23. The molecule has 1 fully saturated rings. The van der Waals surface area contributed by atoms with Gasteiger partial charge in [-0.1, -0.05) is 13.3 Å². The molecular formula is C10H20N2O3S. The Morgan fingerprint density at radius 3 is 2.69 bits per heavy atom. The predicted octanol–water partition coefficient (Wildman–Crippen LogP) is -0.193. The fraction of sp³-hybridized carbons (Fsp3) is 0.900. The minimum Gasteiger partial charge on any atom is -0.351 e. The Labute approximate surface area is 96.7 Å². The lowest BCUT2D eigenvalue weighted by molar-refractivity contribution is -0.121. The molecule has 3 N–H and O–H groups in total. The molecule has 0 radical (unpaired) electrons. The summed E-state index contributed by atoms with van der Waals surface area (Å²) in [5.41, 5.74) is 5.46. The average molecular weight is 248 g/mol. The maximum atomic E-state index is 11.8. The fourth-order valence-electron chi connectivity index (χ4n) is 1.87. The molecular weight excluding hydrogens is 228 g/mol. The van der Waals surface area contributed by atoms with Crippen molar-refractivity contribution in [1.29, 1.82) is 0 Å². The number of rotatable bonds is 4. The van der Waals surface area contributed by atoms with Gasteiger partial charge < -0.3 is 11.1 Å². The summed E-state index contributed by atoms with van der Waals surface area (Å²) >= 11 is 0. The highest BCUT2D eigenvalue weighted by molar-refractivity contribution is 7.92. The van der Waals surface area contributed by atoms with E-state index >= 15 is 0 Å². The van der Waals surface area contributed by atoms with Crippen molar-refractivity contribution in [1.82, 2.24) is 5.32 Å². The summed E-state index contributed by atoms with van der Waals surface area (Å²) in [6.07, 6.45) is 2.63. The number of hydrogen-bond acceptors (Lipinski definition) is 4. The zero-order valence-electron chi connectivity index (χ0n) is 9.61. The number of amides is 1. The van der Waals surface area contributed by atoms with Gasteiger partial charge in [-0.15, -0.1) is 0 Å². The first kappa shape index (κ1) is 13.4. The Bertz CT molecular complexity index is 336. The van der Waals surface area contributed by atoms with Gasteiger partial charge in [0.15, 0.2) is 9.84 Å². The first-order valence-electron chi connectivity index (χ1n) is 5.73. The topological polar surface area (TPSA) is 89.3 Å². The van der Waals surface area contributed by atoms with Crippen molar-refractivity contribution in [3.8, 4) is 0 Å². The van der Waals surface area contributed by atoms with Crippen molar-refractivity contribution in [3.05, 3.63) is 0 Å². The third kappa shape index (κ3) is 3.18. The summed E-state index contributed by atoms with van der Waals surface area (Å²) in [4.78, 5) is 11.8. The van der Waals surface area contributed by atoms with Gasteiger partial charge in [0.05, 0.1) is 5.75 Å². The molecule has 6 heteroatoms. The molecule has 1 aliphatic rings. The van der Waals surface area contributed by atoms with Crippen LogP contribution in [0.5, 0.6) is 0 Å². The largest absolute Gasteiger partial charge is 0.351 e. The standard InChI is InChI=1S/C10H20N2O3S/c1-2-8(7-11)12-10(13)9-5-3-4-6-16(9,14)15/h8-9H,2-7,11H2,1H3,(H,12,13). The van der Waals surface area contributed by atoms with E-state index in [9.17, 15) is 13.2 Å². The van der Waals surface area contributed by atoms with Crippen LogP contribution in [0.25, 0.3) is 0 Å². The molecule has 0 aliphatic carbocycles. The Morgan fingerprint density at radius 2 is 2.19 bits per heavy atom. The maximum absolute atomic E-state index is 11.8. The molecule has 1 amide bonds. The SMILES string of the molecule is CCC(CN)NC(=O)C1CCCCS1(=O)=O. The van der Waals surface area contributed by atoms with Crippen molar-refractivity contribution < 1.29 is 13.2 Å². The van der Waals surface area contributed by atoms with Crippen LogP contribution in [0.15, 0.2) is 0 Å². The predicted molar refractivity (Wildman–Crippen MR) is 62.7 cm³/mol. The molecule has 0 aromatic heterocycles. The molecule has 1 rings (SSSR count). The number of nitrogens with one attached hydrogen (secondary N) is 1. The normalized spacial score (nSPS) is 26.0. The van der Waals surface area contributed by atoms with Crippen molar-refractivity contribution in [2.75, 3.05) is 12.3 Å². The molecule has 1 aliphatic heterocycles. The van der Waals surface area contributed by atoms with E-state index in [2.05, 4.69) is 5.32 Å². The Balaban J connectivity index is 2.65. The van der Waals surface area contributed by atoms with E-state index in [0.717, 1.165) is 12.8 Å². The maximum Gasteiger partial charge on any atom is 0.238 e. The lowest BCUT2D eigenvalue weighted by atomic mass is 10.1. The highest BCUT2D eigenvalue weighted by Gasteiger charge is 2.35. The van der Waals surface area contributed by atoms with Gasteiger partial charge in [-0.25, -0.2) is 8.42 Å². The van der Waals surface area contributed by atoms with Crippen molar-refractivity contribution in [2.45, 2.75) is 43.9 Å². The second kappa shape index (κ2) is 5.63. The smallest absolute Gasteiger partial charge is 0.238 e. The Morgan fingerprint density at radius 1 is 1.50 bits per heavy atom. The molecule has 1 saturated heterocycles. The monoisotopic (exact) mass is 248 g/mol. The van der Waals surface area contributed by atoms with Crippen LogP contribution in [0.4, 0.5) is 0 Å². The van der Waals surface area contributed by atoms with Gasteiger partial charge in [-0.3, -0.25) is 4.79 Å². The van der Waals surface area contributed by atoms with E-state index in [1.807, 2.05) is 6.92 Å². The summed E-state index contributed by atoms with van der Waals surface area (Å²) in [6.45, 7) is 2.25. The molecule has 94 valence electrons. The van der Waals surface area contributed by atoms with Gasteiger partial charge in [0.2, 0.25) is 5.91 Å². The van der Waals surface area contributed by atoms with Gasteiger partial charge >= 0.3 is 0 Å². The molecule has 16 heavy (non-hydrogen) atoms. The van der Waals surface area contributed by atoms with Crippen LogP contribution in [0.2, 0.25) is 0 Å². The van der Waals surface area contributed by atoms with Crippen LogP contribution in [-0.4, -0.2) is 37.9 Å². The molecule has 2 atom stereocenters. The quantitative estimate of drug-likeness (QED) is 0.721. The van der Waals surface area contributed by atoms with E-state index in [4.69, 9.17) is 5.73 Å². The Hall–Kier alpha value is -0.620. The molecule has 2 unspecified atom stereocenters. The van der Waals surface area contributed by atoms with Crippen LogP contribution < -0.4 is 11.1 Å². The van der Waals surface area contributed by atoms with Crippen LogP contribution in [0.3, 0.4) is 0 Å². The van der Waals surface area contributed by atoms with Crippen molar-refractivity contribution in [3.63, 3.8) is 0 Å². The molecule has 0 bridgehead atoms. The number of sulfone groups is 1. The van der Waals surface area contributed by atoms with E-state index in [1.54, 1.807) is 0 Å². The minimum absolute atomic E-state index is 0.121. The van der Waals surface area contributed by atoms with Gasteiger partial charge in [0.1, 0.15) is 5.25 Å². The second-order valence-electron chi connectivity index (χ2n) is 4.20. The van der Waals surface area contributed by atoms with Crippen LogP contribution in [0, 0.1) is 0 Å². The number of hydrogen-bond donors (Lipinski definition) is 2. The van der Waals surface area contributed by atoms with E-state index in [0.29, 0.717) is 19.4 Å². The molecule has 0 aromatic rings. The second-order valence-corrected chi connectivity index (χ2v) is 6.50. The van der Waals surface area contributed by atoms with E-state index < -0.39 is 15.1 Å². The van der Waals surface area contributed by atoms with Crippen LogP contribution in [-0.2, 0) is 14.6 Å². The summed E-state index contributed by atoms with van der Waals surface area (Å²) < 4.78 is 23.4. The number of carbonyl (C=O) groups is 1. The van der Waals surface area contributed by atoms with Gasteiger partial charge in [0.25, 0.3) is 0 Å². The third-order valence-corrected chi connectivity index (χ3v) is 5.17. The first-order valence-corrected chi connectivity index (χ1v) is 7.44. The molecule has 1 heterocycles. The Kier molecular flexibility index (Phi) is 4.73. The van der Waals surface area contributed by atoms with Gasteiger partial charge in [-0.2, -0.15) is 0 Å². The molecule has 0 saturated carbocycles. The average Bonchev–Trinajstić information content (AvgIpc) is 2.24. The van der Waals surface area contributed by atoms with Crippen molar-refractivity contribution >= 4 is 15.7 Å². The fourth-order valence-corrected chi connectivity index (χ4v) is 3.68. The third-order valence-electron chi connectivity index (χ3n) is 2.99. The zero-order chi connectivity index (χ0) is 12.2. The zero-order valence-corrected chi connectivity index (χ0v) is 10.4. The highest BCUT2D eigenvalue weighted by Crippen LogP contribution is 2.19. The molecule has 0 aromatic carbocycles. The van der Waals surface area contributed by atoms with Crippen LogP contribution >= 0.6 is 0 Å². The van der Waals surface area contributed by atoms with Gasteiger partial charge in [-0.05, 0) is 19.3 Å². The summed E-state index contributed by atoms with van der Waals surface area (Å²) in [5.74, 6) is -0.248. The highest BCUT2D eigenvalue weighted by atomic mass is 32.2. The van der Waals surface area contributed by atoms with E-state index in [-0.39, 0.29) is 17.7 Å². The summed E-state index contributed by atoms with van der Waals surface area (Å²) in [5, 5.41) is 1.84. The molecule has 0 spiro atoms. The van der Waals surface area contributed by atoms with Crippen LogP contribution in [0.1, 0.15) is 32.6 Å². The van der Waals surface area contributed by atoms with Gasteiger partial charge in [0, 0.05) is 12.6 Å². The number of carbonyl (C=O) groups excluding carboxylic acids is 1.